The summed E-state index contributed by atoms with van der Waals surface area (Å²) in [6.07, 6.45) is 13.0. The van der Waals surface area contributed by atoms with Gasteiger partial charge in [-0.3, -0.25) is 0 Å². The first-order valence-electron chi connectivity index (χ1n) is 8.10. The van der Waals surface area contributed by atoms with Crippen molar-refractivity contribution < 1.29 is 4.39 Å². The van der Waals surface area contributed by atoms with E-state index in [4.69, 9.17) is 5.26 Å². The minimum absolute atomic E-state index is 0.145. The number of allylic oxidation sites excluding steroid dienone is 2. The molecule has 2 heteroatoms. The van der Waals surface area contributed by atoms with Crippen LogP contribution in [0.15, 0.2) is 30.4 Å². The van der Waals surface area contributed by atoms with Crippen molar-refractivity contribution in [3.63, 3.8) is 0 Å². The van der Waals surface area contributed by atoms with Crippen LogP contribution in [-0.2, 0) is 0 Å². The zero-order valence-corrected chi connectivity index (χ0v) is 12.8. The van der Waals surface area contributed by atoms with Gasteiger partial charge in [-0.05, 0) is 61.6 Å². The van der Waals surface area contributed by atoms with E-state index in [1.807, 2.05) is 12.1 Å². The van der Waals surface area contributed by atoms with Crippen LogP contribution in [0.2, 0.25) is 0 Å². The fourth-order valence-corrected chi connectivity index (χ4v) is 3.13. The van der Waals surface area contributed by atoms with Crippen molar-refractivity contribution in [2.45, 2.75) is 57.8 Å². The van der Waals surface area contributed by atoms with E-state index in [-0.39, 0.29) is 11.4 Å². The Kier molecular flexibility index (Phi) is 5.99. The Bertz CT molecular complexity index is 519. The standard InChI is InChI=1S/C19H24FN/c1-2-3-4-5-6-15-7-9-16(10-8-15)17-11-12-18(14-21)19(20)13-17/h5-6,11-13,15-16H,2-4,7-10H2,1H3/b6-5+/t15-,16-. The van der Waals surface area contributed by atoms with Crippen molar-refractivity contribution in [3.8, 4) is 6.07 Å². The Hall–Kier alpha value is -1.62. The number of hydrogen-bond donors (Lipinski definition) is 0. The van der Waals surface area contributed by atoms with Crippen molar-refractivity contribution in [1.29, 1.82) is 5.26 Å². The minimum Gasteiger partial charge on any atom is -0.206 e. The maximum atomic E-state index is 13.7. The summed E-state index contributed by atoms with van der Waals surface area (Å²) < 4.78 is 13.7. The van der Waals surface area contributed by atoms with E-state index in [0.717, 1.165) is 18.4 Å². The molecule has 0 N–H and O–H groups in total. The van der Waals surface area contributed by atoms with Gasteiger partial charge in [0.05, 0.1) is 5.56 Å². The Morgan fingerprint density at radius 1 is 1.29 bits per heavy atom. The lowest BCUT2D eigenvalue weighted by Gasteiger charge is -2.27. The first kappa shape index (κ1) is 15.8. The third kappa shape index (κ3) is 4.43. The summed E-state index contributed by atoms with van der Waals surface area (Å²) in [4.78, 5) is 0. The molecule has 2 rings (SSSR count). The lowest BCUT2D eigenvalue weighted by atomic mass is 9.78. The van der Waals surface area contributed by atoms with Crippen molar-refractivity contribution in [3.05, 3.63) is 47.3 Å². The number of hydrogen-bond acceptors (Lipinski definition) is 1. The molecule has 1 aromatic carbocycles. The largest absolute Gasteiger partial charge is 0.206 e. The molecule has 0 bridgehead atoms. The van der Waals surface area contributed by atoms with E-state index < -0.39 is 0 Å². The molecule has 1 fully saturated rings. The summed E-state index contributed by atoms with van der Waals surface area (Å²) in [5, 5.41) is 8.78. The Morgan fingerprint density at radius 2 is 2.05 bits per heavy atom. The van der Waals surface area contributed by atoms with Crippen LogP contribution in [-0.4, -0.2) is 0 Å². The quantitative estimate of drug-likeness (QED) is 0.501. The molecular weight excluding hydrogens is 261 g/mol. The fourth-order valence-electron chi connectivity index (χ4n) is 3.13. The number of halogens is 1. The topological polar surface area (TPSA) is 23.8 Å². The fraction of sp³-hybridized carbons (Fsp3) is 0.526. The molecule has 0 heterocycles. The summed E-state index contributed by atoms with van der Waals surface area (Å²) in [7, 11) is 0. The zero-order valence-electron chi connectivity index (χ0n) is 12.8. The predicted molar refractivity (Wildman–Crippen MR) is 84.5 cm³/mol. The van der Waals surface area contributed by atoms with E-state index in [1.165, 1.54) is 32.1 Å². The van der Waals surface area contributed by atoms with Crippen molar-refractivity contribution in [2.24, 2.45) is 5.92 Å². The highest BCUT2D eigenvalue weighted by molar-refractivity contribution is 5.35. The first-order chi connectivity index (χ1) is 10.2. The molecule has 0 aromatic heterocycles. The van der Waals surface area contributed by atoms with Crippen LogP contribution in [0.5, 0.6) is 0 Å². The second kappa shape index (κ2) is 7.98. The SMILES string of the molecule is CCCC/C=C/[C@H]1CC[C@H](c2ccc(C#N)c(F)c2)CC1. The number of rotatable bonds is 5. The van der Waals surface area contributed by atoms with Gasteiger partial charge >= 0.3 is 0 Å². The van der Waals surface area contributed by atoms with Gasteiger partial charge in [0.25, 0.3) is 0 Å². The van der Waals surface area contributed by atoms with Crippen LogP contribution in [0.1, 0.15) is 68.9 Å². The summed E-state index contributed by atoms with van der Waals surface area (Å²) in [6, 6.07) is 6.97. The number of nitriles is 1. The summed E-state index contributed by atoms with van der Waals surface area (Å²) in [5.41, 5.74) is 1.20. The molecule has 1 aromatic rings. The molecular formula is C19H24FN. The summed E-state index contributed by atoms with van der Waals surface area (Å²) in [6.45, 7) is 2.22. The van der Waals surface area contributed by atoms with Gasteiger partial charge in [-0.1, -0.05) is 38.0 Å². The summed E-state index contributed by atoms with van der Waals surface area (Å²) in [5.74, 6) is 0.769. The molecule has 0 aliphatic heterocycles. The lowest BCUT2D eigenvalue weighted by Crippen LogP contribution is -2.12. The van der Waals surface area contributed by atoms with E-state index in [1.54, 1.807) is 12.1 Å². The normalized spacial score (nSPS) is 22.3. The zero-order chi connectivity index (χ0) is 15.1. The molecule has 112 valence electrons. The maximum Gasteiger partial charge on any atom is 0.141 e. The molecule has 0 amide bonds. The monoisotopic (exact) mass is 285 g/mol. The summed E-state index contributed by atoms with van der Waals surface area (Å²) >= 11 is 0. The lowest BCUT2D eigenvalue weighted by molar-refractivity contribution is 0.374. The highest BCUT2D eigenvalue weighted by Crippen LogP contribution is 2.36. The number of benzene rings is 1. The Labute approximate surface area is 127 Å². The van der Waals surface area contributed by atoms with Crippen molar-refractivity contribution >= 4 is 0 Å². The van der Waals surface area contributed by atoms with Gasteiger partial charge in [-0.15, -0.1) is 0 Å². The van der Waals surface area contributed by atoms with Crippen LogP contribution in [0.4, 0.5) is 4.39 Å². The van der Waals surface area contributed by atoms with E-state index in [2.05, 4.69) is 19.1 Å². The number of nitrogens with zero attached hydrogens (tertiary/aromatic N) is 1. The first-order valence-corrected chi connectivity index (χ1v) is 8.10. The molecule has 0 spiro atoms. The van der Waals surface area contributed by atoms with Crippen LogP contribution >= 0.6 is 0 Å². The van der Waals surface area contributed by atoms with Crippen LogP contribution < -0.4 is 0 Å². The minimum atomic E-state index is -0.378. The molecule has 0 radical (unpaired) electrons. The number of unbranched alkanes of at least 4 members (excludes halogenated alkanes) is 2. The van der Waals surface area contributed by atoms with Gasteiger partial charge < -0.3 is 0 Å². The molecule has 21 heavy (non-hydrogen) atoms. The van der Waals surface area contributed by atoms with Gasteiger partial charge in [0.15, 0.2) is 0 Å². The van der Waals surface area contributed by atoms with E-state index in [9.17, 15) is 4.39 Å². The van der Waals surface area contributed by atoms with Crippen molar-refractivity contribution in [2.75, 3.05) is 0 Å². The van der Waals surface area contributed by atoms with Crippen LogP contribution in [0, 0.1) is 23.1 Å². The smallest absolute Gasteiger partial charge is 0.141 e. The molecule has 0 saturated heterocycles. The van der Waals surface area contributed by atoms with Crippen molar-refractivity contribution in [1.82, 2.24) is 0 Å². The van der Waals surface area contributed by atoms with Gasteiger partial charge in [0, 0.05) is 0 Å². The second-order valence-electron chi connectivity index (χ2n) is 6.03. The van der Waals surface area contributed by atoms with Gasteiger partial charge in [-0.2, -0.15) is 5.26 Å². The Balaban J connectivity index is 1.88. The second-order valence-corrected chi connectivity index (χ2v) is 6.03. The van der Waals surface area contributed by atoms with E-state index >= 15 is 0 Å². The van der Waals surface area contributed by atoms with E-state index in [0.29, 0.717) is 11.8 Å². The molecule has 0 unspecified atom stereocenters. The van der Waals surface area contributed by atoms with Gasteiger partial charge in [-0.25, -0.2) is 4.39 Å². The maximum absolute atomic E-state index is 13.7. The molecule has 0 atom stereocenters. The van der Waals surface area contributed by atoms with Crippen LogP contribution in [0.3, 0.4) is 0 Å². The highest BCUT2D eigenvalue weighted by atomic mass is 19.1. The average molecular weight is 285 g/mol. The third-order valence-corrected chi connectivity index (χ3v) is 4.49. The van der Waals surface area contributed by atoms with Gasteiger partial charge in [0.1, 0.15) is 11.9 Å². The molecule has 1 aliphatic rings. The molecule has 1 saturated carbocycles. The highest BCUT2D eigenvalue weighted by Gasteiger charge is 2.21. The van der Waals surface area contributed by atoms with Crippen LogP contribution in [0.25, 0.3) is 0 Å². The predicted octanol–water partition coefficient (Wildman–Crippen LogP) is 5.72. The molecule has 1 aliphatic carbocycles. The third-order valence-electron chi connectivity index (χ3n) is 4.49. The van der Waals surface area contributed by atoms with Gasteiger partial charge in [0.2, 0.25) is 0 Å². The molecule has 1 nitrogen and oxygen atoms in total. The Morgan fingerprint density at radius 3 is 2.67 bits per heavy atom. The average Bonchev–Trinajstić information content (AvgIpc) is 2.52.